The van der Waals surface area contributed by atoms with Crippen LogP contribution in [0.1, 0.15) is 44.9 Å². The van der Waals surface area contributed by atoms with Crippen LogP contribution in [-0.4, -0.2) is 52.7 Å². The van der Waals surface area contributed by atoms with Crippen LogP contribution in [0.25, 0.3) is 0 Å². The lowest BCUT2D eigenvalue weighted by atomic mass is 10.2. The van der Waals surface area contributed by atoms with Crippen LogP contribution in [0.5, 0.6) is 0 Å². The van der Waals surface area contributed by atoms with Gasteiger partial charge in [0, 0.05) is 32.6 Å². The number of hydrogen-bond donors (Lipinski definition) is 0. The number of hydrogen-bond acceptors (Lipinski definition) is 5. The van der Waals surface area contributed by atoms with Crippen molar-refractivity contribution in [3.63, 3.8) is 0 Å². The van der Waals surface area contributed by atoms with Gasteiger partial charge in [0.25, 0.3) is 0 Å². The highest BCUT2D eigenvalue weighted by Gasteiger charge is 2.25. The summed E-state index contributed by atoms with van der Waals surface area (Å²) in [6, 6.07) is 0.238. The molecule has 5 nitrogen and oxygen atoms in total. The zero-order valence-electron chi connectivity index (χ0n) is 11.7. The maximum absolute atomic E-state index is 5.33. The SMILES string of the molecule is CCCN1CCN([C@@H](C)c2nc(CC)no2)CC1. The second kappa shape index (κ2) is 6.29. The van der Waals surface area contributed by atoms with E-state index in [1.165, 1.54) is 13.0 Å². The van der Waals surface area contributed by atoms with Gasteiger partial charge < -0.3 is 9.42 Å². The summed E-state index contributed by atoms with van der Waals surface area (Å²) >= 11 is 0. The minimum Gasteiger partial charge on any atom is -0.338 e. The van der Waals surface area contributed by atoms with E-state index in [4.69, 9.17) is 4.52 Å². The van der Waals surface area contributed by atoms with Crippen molar-refractivity contribution in [3.05, 3.63) is 11.7 Å². The molecule has 1 aromatic rings. The molecule has 0 aliphatic carbocycles. The van der Waals surface area contributed by atoms with E-state index in [0.717, 1.165) is 44.3 Å². The van der Waals surface area contributed by atoms with Crippen molar-refractivity contribution < 1.29 is 4.52 Å². The Kier molecular flexibility index (Phi) is 4.72. The van der Waals surface area contributed by atoms with Gasteiger partial charge in [-0.2, -0.15) is 4.98 Å². The molecule has 1 aliphatic heterocycles. The molecule has 0 saturated carbocycles. The minimum absolute atomic E-state index is 0.238. The highest BCUT2D eigenvalue weighted by molar-refractivity contribution is 4.93. The molecule has 1 fully saturated rings. The number of rotatable bonds is 5. The van der Waals surface area contributed by atoms with E-state index in [0.29, 0.717) is 0 Å². The maximum Gasteiger partial charge on any atom is 0.243 e. The van der Waals surface area contributed by atoms with Crippen LogP contribution in [-0.2, 0) is 6.42 Å². The van der Waals surface area contributed by atoms with Gasteiger partial charge in [-0.3, -0.25) is 4.90 Å². The van der Waals surface area contributed by atoms with Crippen LogP contribution >= 0.6 is 0 Å². The summed E-state index contributed by atoms with van der Waals surface area (Å²) in [6.07, 6.45) is 2.07. The third kappa shape index (κ3) is 3.09. The van der Waals surface area contributed by atoms with Crippen LogP contribution in [0, 0.1) is 0 Å². The van der Waals surface area contributed by atoms with Gasteiger partial charge in [-0.25, -0.2) is 0 Å². The van der Waals surface area contributed by atoms with E-state index < -0.39 is 0 Å². The van der Waals surface area contributed by atoms with Gasteiger partial charge in [0.05, 0.1) is 6.04 Å². The Hall–Kier alpha value is -0.940. The van der Waals surface area contributed by atoms with Crippen molar-refractivity contribution in [3.8, 4) is 0 Å². The first-order valence-corrected chi connectivity index (χ1v) is 7.03. The fourth-order valence-electron chi connectivity index (χ4n) is 2.43. The van der Waals surface area contributed by atoms with Crippen molar-refractivity contribution in [2.24, 2.45) is 0 Å². The smallest absolute Gasteiger partial charge is 0.243 e. The van der Waals surface area contributed by atoms with E-state index in [1.807, 2.05) is 6.92 Å². The minimum atomic E-state index is 0.238. The highest BCUT2D eigenvalue weighted by Crippen LogP contribution is 2.20. The molecule has 5 heteroatoms. The monoisotopic (exact) mass is 252 g/mol. The Balaban J connectivity index is 1.88. The molecule has 0 radical (unpaired) electrons. The lowest BCUT2D eigenvalue weighted by molar-refractivity contribution is 0.0884. The molecule has 1 aliphatic rings. The molecular formula is C13H24N4O. The zero-order chi connectivity index (χ0) is 13.0. The van der Waals surface area contributed by atoms with Crippen LogP contribution in [0.2, 0.25) is 0 Å². The number of piperazine rings is 1. The van der Waals surface area contributed by atoms with Crippen molar-refractivity contribution in [1.29, 1.82) is 0 Å². The van der Waals surface area contributed by atoms with Gasteiger partial charge in [0.15, 0.2) is 5.82 Å². The Morgan fingerprint density at radius 1 is 1.22 bits per heavy atom. The quantitative estimate of drug-likeness (QED) is 0.798. The molecule has 18 heavy (non-hydrogen) atoms. The lowest BCUT2D eigenvalue weighted by Gasteiger charge is -2.36. The van der Waals surface area contributed by atoms with Crippen LogP contribution in [0.3, 0.4) is 0 Å². The average Bonchev–Trinajstić information content (AvgIpc) is 2.88. The standard InChI is InChI=1S/C13H24N4O/c1-4-6-16-7-9-17(10-8-16)11(3)13-14-12(5-2)15-18-13/h11H,4-10H2,1-3H3/t11-/m0/s1. The Morgan fingerprint density at radius 3 is 2.50 bits per heavy atom. The van der Waals surface area contributed by atoms with Gasteiger partial charge in [-0.05, 0) is 19.9 Å². The zero-order valence-corrected chi connectivity index (χ0v) is 11.7. The van der Waals surface area contributed by atoms with Gasteiger partial charge in [-0.15, -0.1) is 0 Å². The topological polar surface area (TPSA) is 45.4 Å². The second-order valence-corrected chi connectivity index (χ2v) is 4.96. The Labute approximate surface area is 109 Å². The summed E-state index contributed by atoms with van der Waals surface area (Å²) < 4.78 is 5.33. The molecule has 0 unspecified atom stereocenters. The molecule has 2 rings (SSSR count). The Bertz CT molecular complexity index is 358. The molecule has 102 valence electrons. The van der Waals surface area contributed by atoms with E-state index >= 15 is 0 Å². The van der Waals surface area contributed by atoms with Crippen LogP contribution in [0.15, 0.2) is 4.52 Å². The summed E-state index contributed by atoms with van der Waals surface area (Å²) in [4.78, 5) is 9.38. The largest absolute Gasteiger partial charge is 0.338 e. The maximum atomic E-state index is 5.33. The van der Waals surface area contributed by atoms with Crippen LogP contribution < -0.4 is 0 Å². The summed E-state index contributed by atoms with van der Waals surface area (Å²) in [6.45, 7) is 12.1. The van der Waals surface area contributed by atoms with Crippen molar-refractivity contribution in [1.82, 2.24) is 19.9 Å². The van der Waals surface area contributed by atoms with E-state index in [9.17, 15) is 0 Å². The predicted octanol–water partition coefficient (Wildman–Crippen LogP) is 1.72. The first kappa shape index (κ1) is 13.5. The normalized spacial score (nSPS) is 20.2. The van der Waals surface area contributed by atoms with Crippen molar-refractivity contribution >= 4 is 0 Å². The molecule has 0 aromatic carbocycles. The number of aryl methyl sites for hydroxylation is 1. The predicted molar refractivity (Wildman–Crippen MR) is 70.4 cm³/mol. The second-order valence-electron chi connectivity index (χ2n) is 4.96. The molecule has 1 atom stereocenters. The third-order valence-electron chi connectivity index (χ3n) is 3.65. The van der Waals surface area contributed by atoms with E-state index in [2.05, 4.69) is 33.8 Å². The van der Waals surface area contributed by atoms with Gasteiger partial charge in [-0.1, -0.05) is 19.0 Å². The number of nitrogens with zero attached hydrogens (tertiary/aromatic N) is 4. The van der Waals surface area contributed by atoms with Gasteiger partial charge in [0.2, 0.25) is 5.89 Å². The molecule has 1 saturated heterocycles. The van der Waals surface area contributed by atoms with Gasteiger partial charge >= 0.3 is 0 Å². The molecule has 0 N–H and O–H groups in total. The molecule has 2 heterocycles. The fourth-order valence-corrected chi connectivity index (χ4v) is 2.43. The lowest BCUT2D eigenvalue weighted by Crippen LogP contribution is -2.47. The molecular weight excluding hydrogens is 228 g/mol. The van der Waals surface area contributed by atoms with Crippen LogP contribution in [0.4, 0.5) is 0 Å². The summed E-state index contributed by atoms with van der Waals surface area (Å²) in [5.74, 6) is 1.57. The summed E-state index contributed by atoms with van der Waals surface area (Å²) in [7, 11) is 0. The summed E-state index contributed by atoms with van der Waals surface area (Å²) in [5, 5.41) is 3.97. The molecule has 0 bridgehead atoms. The molecule has 1 aromatic heterocycles. The Morgan fingerprint density at radius 2 is 1.94 bits per heavy atom. The molecule has 0 spiro atoms. The third-order valence-corrected chi connectivity index (χ3v) is 3.65. The highest BCUT2D eigenvalue weighted by atomic mass is 16.5. The number of aromatic nitrogens is 2. The van der Waals surface area contributed by atoms with Gasteiger partial charge in [0.1, 0.15) is 0 Å². The first-order valence-electron chi connectivity index (χ1n) is 7.03. The average molecular weight is 252 g/mol. The molecule has 0 amide bonds. The van der Waals surface area contributed by atoms with E-state index in [1.54, 1.807) is 0 Å². The first-order chi connectivity index (χ1) is 8.74. The van der Waals surface area contributed by atoms with Crippen molar-refractivity contribution in [2.45, 2.75) is 39.7 Å². The fraction of sp³-hybridized carbons (Fsp3) is 0.846. The van der Waals surface area contributed by atoms with E-state index in [-0.39, 0.29) is 6.04 Å². The van der Waals surface area contributed by atoms with Crippen molar-refractivity contribution in [2.75, 3.05) is 32.7 Å². The summed E-state index contributed by atoms with van der Waals surface area (Å²) in [5.41, 5.74) is 0.